The van der Waals surface area contributed by atoms with Crippen molar-refractivity contribution in [3.05, 3.63) is 23.8 Å². The molecule has 4 N–H and O–H groups in total. The van der Waals surface area contributed by atoms with Crippen molar-refractivity contribution in [2.45, 2.75) is 32.6 Å². The van der Waals surface area contributed by atoms with Crippen molar-refractivity contribution in [1.82, 2.24) is 4.90 Å². The summed E-state index contributed by atoms with van der Waals surface area (Å²) in [4.78, 5) is 2.38. The molecule has 0 amide bonds. The maximum atomic E-state index is 5.92. The number of unbranched alkanes of at least 4 members (excludes halogenated alkanes) is 1. The molecule has 0 fully saturated rings. The van der Waals surface area contributed by atoms with Gasteiger partial charge in [-0.25, -0.2) is 0 Å². The highest BCUT2D eigenvalue weighted by atomic mass is 15.1. The molecule has 1 aromatic carbocycles. The fraction of sp³-hybridized carbons (Fsp3) is 0.571. The van der Waals surface area contributed by atoms with Crippen LogP contribution in [0.25, 0.3) is 0 Å². The van der Waals surface area contributed by atoms with Crippen LogP contribution in [-0.2, 0) is 6.42 Å². The van der Waals surface area contributed by atoms with Crippen molar-refractivity contribution < 1.29 is 0 Å². The largest absolute Gasteiger partial charge is 0.399 e. The molecule has 0 heterocycles. The van der Waals surface area contributed by atoms with E-state index in [1.165, 1.54) is 24.9 Å². The van der Waals surface area contributed by atoms with Crippen LogP contribution >= 0.6 is 0 Å². The summed E-state index contributed by atoms with van der Waals surface area (Å²) < 4.78 is 0. The average molecular weight is 235 g/mol. The first-order valence-electron chi connectivity index (χ1n) is 6.46. The Labute approximate surface area is 105 Å². The van der Waals surface area contributed by atoms with Crippen LogP contribution in [0.5, 0.6) is 0 Å². The van der Waals surface area contributed by atoms with E-state index >= 15 is 0 Å². The van der Waals surface area contributed by atoms with Crippen LogP contribution < -0.4 is 11.5 Å². The maximum absolute atomic E-state index is 5.92. The first-order valence-corrected chi connectivity index (χ1v) is 6.46. The summed E-state index contributed by atoms with van der Waals surface area (Å²) in [6.45, 7) is 4.53. The van der Waals surface area contributed by atoms with E-state index in [0.29, 0.717) is 0 Å². The van der Waals surface area contributed by atoms with Crippen molar-refractivity contribution in [2.24, 2.45) is 0 Å². The standard InChI is InChI=1S/C14H25N3/c1-3-4-9-17(2)10-5-6-12-11-13(15)7-8-14(12)16/h7-8,11H,3-6,9-10,15-16H2,1-2H3. The van der Waals surface area contributed by atoms with E-state index in [0.717, 1.165) is 30.8 Å². The zero-order chi connectivity index (χ0) is 12.7. The Kier molecular flexibility index (Phi) is 5.84. The normalized spacial score (nSPS) is 11.0. The Bertz CT molecular complexity index is 336. The highest BCUT2D eigenvalue weighted by Gasteiger charge is 2.02. The van der Waals surface area contributed by atoms with Gasteiger partial charge in [0.2, 0.25) is 0 Å². The van der Waals surface area contributed by atoms with Gasteiger partial charge in [0.15, 0.2) is 0 Å². The number of hydrogen-bond donors (Lipinski definition) is 2. The molecule has 1 rings (SSSR count). The lowest BCUT2D eigenvalue weighted by atomic mass is 10.1. The second-order valence-corrected chi connectivity index (χ2v) is 4.72. The van der Waals surface area contributed by atoms with Crippen LogP contribution in [0.1, 0.15) is 31.7 Å². The molecule has 0 aromatic heterocycles. The monoisotopic (exact) mass is 235 g/mol. The minimum atomic E-state index is 0.800. The zero-order valence-electron chi connectivity index (χ0n) is 11.1. The Hall–Kier alpha value is -1.22. The number of benzene rings is 1. The van der Waals surface area contributed by atoms with Gasteiger partial charge in [-0.3, -0.25) is 0 Å². The van der Waals surface area contributed by atoms with E-state index in [9.17, 15) is 0 Å². The van der Waals surface area contributed by atoms with Gasteiger partial charge in [-0.2, -0.15) is 0 Å². The van der Waals surface area contributed by atoms with Crippen molar-refractivity contribution in [2.75, 3.05) is 31.6 Å². The molecule has 0 saturated heterocycles. The SMILES string of the molecule is CCCCN(C)CCCc1cc(N)ccc1N. The molecule has 3 nitrogen and oxygen atoms in total. The van der Waals surface area contributed by atoms with Gasteiger partial charge in [0.05, 0.1) is 0 Å². The minimum Gasteiger partial charge on any atom is -0.399 e. The number of anilines is 2. The van der Waals surface area contributed by atoms with E-state index in [1.807, 2.05) is 18.2 Å². The number of aryl methyl sites for hydroxylation is 1. The summed E-state index contributed by atoms with van der Waals surface area (Å²) >= 11 is 0. The number of nitrogens with two attached hydrogens (primary N) is 2. The van der Waals surface area contributed by atoms with Crippen LogP contribution in [0, 0.1) is 0 Å². The first-order chi connectivity index (χ1) is 8.13. The molecular formula is C14H25N3. The summed E-state index contributed by atoms with van der Waals surface area (Å²) in [7, 11) is 2.18. The summed E-state index contributed by atoms with van der Waals surface area (Å²) in [5.74, 6) is 0. The highest BCUT2D eigenvalue weighted by Crippen LogP contribution is 2.17. The minimum absolute atomic E-state index is 0.800. The van der Waals surface area contributed by atoms with Gasteiger partial charge >= 0.3 is 0 Å². The summed E-state index contributed by atoms with van der Waals surface area (Å²) in [5.41, 5.74) is 14.5. The number of rotatable bonds is 7. The molecule has 3 heteroatoms. The van der Waals surface area contributed by atoms with E-state index in [4.69, 9.17) is 11.5 Å². The van der Waals surface area contributed by atoms with E-state index in [1.54, 1.807) is 0 Å². The second-order valence-electron chi connectivity index (χ2n) is 4.72. The number of hydrogen-bond acceptors (Lipinski definition) is 3. The van der Waals surface area contributed by atoms with E-state index < -0.39 is 0 Å². The van der Waals surface area contributed by atoms with Gasteiger partial charge in [0.1, 0.15) is 0 Å². The number of nitrogen functional groups attached to an aromatic ring is 2. The van der Waals surface area contributed by atoms with Crippen LogP contribution in [0.15, 0.2) is 18.2 Å². The summed E-state index contributed by atoms with van der Waals surface area (Å²) in [6.07, 6.45) is 4.67. The molecule has 0 bridgehead atoms. The quantitative estimate of drug-likeness (QED) is 0.714. The fourth-order valence-electron chi connectivity index (χ4n) is 1.92. The molecule has 0 aliphatic carbocycles. The lowest BCUT2D eigenvalue weighted by molar-refractivity contribution is 0.324. The van der Waals surface area contributed by atoms with Gasteiger partial charge < -0.3 is 16.4 Å². The van der Waals surface area contributed by atoms with Gasteiger partial charge in [-0.05, 0) is 63.2 Å². The van der Waals surface area contributed by atoms with Crippen molar-refractivity contribution >= 4 is 11.4 Å². The molecule has 0 spiro atoms. The predicted octanol–water partition coefficient (Wildman–Crippen LogP) is 2.52. The number of nitrogens with zero attached hydrogens (tertiary/aromatic N) is 1. The Balaban J connectivity index is 2.32. The van der Waals surface area contributed by atoms with Gasteiger partial charge in [-0.15, -0.1) is 0 Å². The van der Waals surface area contributed by atoms with Gasteiger partial charge in [0.25, 0.3) is 0 Å². The van der Waals surface area contributed by atoms with Crippen molar-refractivity contribution in [3.8, 4) is 0 Å². The molecule has 0 aliphatic heterocycles. The average Bonchev–Trinajstić information content (AvgIpc) is 2.31. The molecule has 96 valence electrons. The van der Waals surface area contributed by atoms with Crippen LogP contribution in [0.4, 0.5) is 11.4 Å². The van der Waals surface area contributed by atoms with Crippen LogP contribution in [-0.4, -0.2) is 25.0 Å². The van der Waals surface area contributed by atoms with Gasteiger partial charge in [-0.1, -0.05) is 13.3 Å². The Morgan fingerprint density at radius 1 is 1.12 bits per heavy atom. The predicted molar refractivity (Wildman–Crippen MR) is 76.0 cm³/mol. The molecular weight excluding hydrogens is 210 g/mol. The van der Waals surface area contributed by atoms with Crippen LogP contribution in [0.2, 0.25) is 0 Å². The topological polar surface area (TPSA) is 55.3 Å². The summed E-state index contributed by atoms with van der Waals surface area (Å²) in [6, 6.07) is 5.74. The summed E-state index contributed by atoms with van der Waals surface area (Å²) in [5, 5.41) is 0. The molecule has 0 atom stereocenters. The lowest BCUT2D eigenvalue weighted by Gasteiger charge is -2.16. The van der Waals surface area contributed by atoms with E-state index in [2.05, 4.69) is 18.9 Å². The third kappa shape index (κ3) is 5.09. The molecule has 1 aromatic rings. The van der Waals surface area contributed by atoms with Crippen LogP contribution in [0.3, 0.4) is 0 Å². The van der Waals surface area contributed by atoms with Crippen molar-refractivity contribution in [3.63, 3.8) is 0 Å². The third-order valence-electron chi connectivity index (χ3n) is 3.05. The molecule has 0 unspecified atom stereocenters. The van der Waals surface area contributed by atoms with Gasteiger partial charge in [0, 0.05) is 11.4 Å². The smallest absolute Gasteiger partial charge is 0.0348 e. The molecule has 0 aliphatic rings. The molecule has 0 radical (unpaired) electrons. The fourth-order valence-corrected chi connectivity index (χ4v) is 1.92. The Morgan fingerprint density at radius 2 is 1.82 bits per heavy atom. The van der Waals surface area contributed by atoms with E-state index in [-0.39, 0.29) is 0 Å². The lowest BCUT2D eigenvalue weighted by Crippen LogP contribution is -2.21. The highest BCUT2D eigenvalue weighted by molar-refractivity contribution is 5.55. The Morgan fingerprint density at radius 3 is 2.53 bits per heavy atom. The van der Waals surface area contributed by atoms with Crippen molar-refractivity contribution in [1.29, 1.82) is 0 Å². The molecule has 0 saturated carbocycles. The third-order valence-corrected chi connectivity index (χ3v) is 3.05. The first kappa shape index (κ1) is 13.8. The second kappa shape index (κ2) is 7.17. The maximum Gasteiger partial charge on any atom is 0.0348 e. The zero-order valence-corrected chi connectivity index (χ0v) is 11.1. The molecule has 17 heavy (non-hydrogen) atoms.